The molecule has 0 saturated carbocycles. The van der Waals surface area contributed by atoms with Crippen LogP contribution in [0.1, 0.15) is 24.6 Å². The van der Waals surface area contributed by atoms with E-state index in [9.17, 15) is 8.42 Å². The number of aromatic nitrogens is 2. The number of rotatable bonds is 3. The molecule has 6 nitrogen and oxygen atoms in total. The Balaban J connectivity index is 2.09. The highest BCUT2D eigenvalue weighted by Crippen LogP contribution is 2.22. The van der Waals surface area contributed by atoms with E-state index < -0.39 is 15.1 Å². The maximum absolute atomic E-state index is 11.5. The summed E-state index contributed by atoms with van der Waals surface area (Å²) in [5.41, 5.74) is 0. The molecule has 0 radical (unpaired) electrons. The highest BCUT2D eigenvalue weighted by Gasteiger charge is 2.32. The molecular formula is C8H12N2O4S. The zero-order valence-electron chi connectivity index (χ0n) is 8.09. The van der Waals surface area contributed by atoms with Crippen LogP contribution in [0.5, 0.6) is 0 Å². The van der Waals surface area contributed by atoms with Crippen LogP contribution in [0.2, 0.25) is 0 Å². The fraction of sp³-hybridized carbons (Fsp3) is 0.750. The average molecular weight is 232 g/mol. The molecule has 1 aliphatic heterocycles. The minimum absolute atomic E-state index is 0.195. The summed E-state index contributed by atoms with van der Waals surface area (Å²) in [6.07, 6.45) is 1.61. The molecule has 1 N–H and O–H groups in total. The molecule has 1 aromatic heterocycles. The topological polar surface area (TPSA) is 93.3 Å². The zero-order valence-corrected chi connectivity index (χ0v) is 8.90. The van der Waals surface area contributed by atoms with E-state index in [1.54, 1.807) is 0 Å². The van der Waals surface area contributed by atoms with Gasteiger partial charge in [-0.1, -0.05) is 5.16 Å². The second-order valence-corrected chi connectivity index (χ2v) is 6.00. The van der Waals surface area contributed by atoms with E-state index in [-0.39, 0.29) is 30.5 Å². The average Bonchev–Trinajstić information content (AvgIpc) is 2.75. The van der Waals surface area contributed by atoms with E-state index in [1.165, 1.54) is 0 Å². The molecule has 0 bridgehead atoms. The summed E-state index contributed by atoms with van der Waals surface area (Å²) in [4.78, 5) is 3.87. The van der Waals surface area contributed by atoms with Crippen LogP contribution in [0, 0.1) is 0 Å². The Morgan fingerprint density at radius 3 is 2.87 bits per heavy atom. The van der Waals surface area contributed by atoms with Crippen molar-refractivity contribution in [1.82, 2.24) is 10.1 Å². The monoisotopic (exact) mass is 232 g/mol. The molecule has 1 atom stereocenters. The van der Waals surface area contributed by atoms with Crippen molar-refractivity contribution < 1.29 is 18.0 Å². The van der Waals surface area contributed by atoms with Crippen LogP contribution in [0.3, 0.4) is 0 Å². The van der Waals surface area contributed by atoms with Gasteiger partial charge in [-0.05, 0) is 12.8 Å². The largest absolute Gasteiger partial charge is 0.388 e. The van der Waals surface area contributed by atoms with Crippen molar-refractivity contribution in [2.45, 2.75) is 31.1 Å². The molecule has 7 heteroatoms. The molecule has 2 rings (SSSR count). The fourth-order valence-electron chi connectivity index (χ4n) is 1.72. The highest BCUT2D eigenvalue weighted by atomic mass is 32.2. The van der Waals surface area contributed by atoms with Gasteiger partial charge < -0.3 is 9.63 Å². The molecule has 1 saturated heterocycles. The van der Waals surface area contributed by atoms with Crippen molar-refractivity contribution in [3.8, 4) is 0 Å². The van der Waals surface area contributed by atoms with E-state index in [4.69, 9.17) is 9.63 Å². The summed E-state index contributed by atoms with van der Waals surface area (Å²) in [5.74, 6) is 0.730. The van der Waals surface area contributed by atoms with Crippen molar-refractivity contribution >= 4 is 9.84 Å². The Morgan fingerprint density at radius 1 is 1.53 bits per heavy atom. The van der Waals surface area contributed by atoms with Crippen molar-refractivity contribution in [2.75, 3.05) is 5.75 Å². The van der Waals surface area contributed by atoms with Crippen molar-refractivity contribution in [2.24, 2.45) is 0 Å². The van der Waals surface area contributed by atoms with Gasteiger partial charge in [0.1, 0.15) is 6.61 Å². The van der Waals surface area contributed by atoms with Gasteiger partial charge in [0, 0.05) is 6.42 Å². The van der Waals surface area contributed by atoms with Gasteiger partial charge in [0.2, 0.25) is 5.89 Å². The quantitative estimate of drug-likeness (QED) is 0.767. The Kier molecular flexibility index (Phi) is 2.74. The lowest BCUT2D eigenvalue weighted by atomic mass is 10.2. The molecule has 0 aliphatic carbocycles. The number of hydrogen-bond donors (Lipinski definition) is 1. The smallest absolute Gasteiger partial charge is 0.228 e. The number of sulfone groups is 1. The van der Waals surface area contributed by atoms with Gasteiger partial charge in [0.25, 0.3) is 0 Å². The standard InChI is InChI=1S/C8H12N2O4S/c11-5-7-9-8(14-10-7)4-6-2-1-3-15(6,12)13/h6,11H,1-5H2. The van der Waals surface area contributed by atoms with Crippen LogP contribution in [-0.2, 0) is 22.9 Å². The molecule has 0 spiro atoms. The Labute approximate surface area is 87.2 Å². The summed E-state index contributed by atoms with van der Waals surface area (Å²) in [7, 11) is -2.97. The number of nitrogens with zero attached hydrogens (tertiary/aromatic N) is 2. The van der Waals surface area contributed by atoms with Gasteiger partial charge in [-0.2, -0.15) is 4.98 Å². The predicted molar refractivity (Wildman–Crippen MR) is 50.7 cm³/mol. The predicted octanol–water partition coefficient (Wildman–Crippen LogP) is -0.318. The summed E-state index contributed by atoms with van der Waals surface area (Å²) >= 11 is 0. The Hall–Kier alpha value is -0.950. The first-order chi connectivity index (χ1) is 7.12. The highest BCUT2D eigenvalue weighted by molar-refractivity contribution is 7.92. The van der Waals surface area contributed by atoms with Crippen LogP contribution in [-0.4, -0.2) is 34.7 Å². The van der Waals surface area contributed by atoms with Crippen LogP contribution in [0.25, 0.3) is 0 Å². The van der Waals surface area contributed by atoms with E-state index >= 15 is 0 Å². The molecule has 84 valence electrons. The van der Waals surface area contributed by atoms with Gasteiger partial charge >= 0.3 is 0 Å². The van der Waals surface area contributed by atoms with Crippen LogP contribution >= 0.6 is 0 Å². The molecule has 2 heterocycles. The van der Waals surface area contributed by atoms with Crippen LogP contribution in [0.15, 0.2) is 4.52 Å². The lowest BCUT2D eigenvalue weighted by molar-refractivity contribution is 0.262. The van der Waals surface area contributed by atoms with Gasteiger partial charge in [-0.15, -0.1) is 0 Å². The molecule has 1 aliphatic rings. The molecule has 1 unspecified atom stereocenters. The summed E-state index contributed by atoms with van der Waals surface area (Å²) in [6, 6.07) is 0. The SMILES string of the molecule is O=S1(=O)CCCC1Cc1nc(CO)no1. The van der Waals surface area contributed by atoms with Gasteiger partial charge in [0.15, 0.2) is 15.7 Å². The van der Waals surface area contributed by atoms with Crippen molar-refractivity contribution in [3.05, 3.63) is 11.7 Å². The third-order valence-electron chi connectivity index (χ3n) is 2.52. The zero-order chi connectivity index (χ0) is 10.9. The number of aliphatic hydroxyl groups is 1. The fourth-order valence-corrected chi connectivity index (χ4v) is 3.54. The maximum atomic E-state index is 11.5. The van der Waals surface area contributed by atoms with E-state index in [1.807, 2.05) is 0 Å². The second kappa shape index (κ2) is 3.90. The Bertz CT molecular complexity index is 439. The Morgan fingerprint density at radius 2 is 2.33 bits per heavy atom. The first-order valence-electron chi connectivity index (χ1n) is 4.76. The number of hydrogen-bond acceptors (Lipinski definition) is 6. The summed E-state index contributed by atoms with van der Waals surface area (Å²) in [6.45, 7) is -0.291. The lowest BCUT2D eigenvalue weighted by Crippen LogP contribution is -2.18. The van der Waals surface area contributed by atoms with Crippen LogP contribution in [0.4, 0.5) is 0 Å². The molecule has 0 amide bonds. The second-order valence-electron chi connectivity index (χ2n) is 3.60. The molecule has 15 heavy (non-hydrogen) atoms. The van der Waals surface area contributed by atoms with Gasteiger partial charge in [-0.25, -0.2) is 8.42 Å². The third kappa shape index (κ3) is 2.18. The summed E-state index contributed by atoms with van der Waals surface area (Å²) in [5, 5.41) is 11.8. The third-order valence-corrected chi connectivity index (χ3v) is 4.79. The number of aliphatic hydroxyl groups excluding tert-OH is 1. The van der Waals surface area contributed by atoms with Gasteiger partial charge in [0.05, 0.1) is 11.0 Å². The first-order valence-corrected chi connectivity index (χ1v) is 6.47. The van der Waals surface area contributed by atoms with E-state index in [0.29, 0.717) is 12.8 Å². The van der Waals surface area contributed by atoms with E-state index in [0.717, 1.165) is 0 Å². The molecule has 1 aromatic rings. The first kappa shape index (κ1) is 10.6. The normalized spacial score (nSPS) is 24.5. The van der Waals surface area contributed by atoms with Crippen molar-refractivity contribution in [3.63, 3.8) is 0 Å². The molecule has 1 fully saturated rings. The van der Waals surface area contributed by atoms with E-state index in [2.05, 4.69) is 10.1 Å². The minimum Gasteiger partial charge on any atom is -0.388 e. The maximum Gasteiger partial charge on any atom is 0.228 e. The molecule has 0 aromatic carbocycles. The summed E-state index contributed by atoms with van der Waals surface area (Å²) < 4.78 is 27.8. The van der Waals surface area contributed by atoms with Crippen LogP contribution < -0.4 is 0 Å². The lowest BCUT2D eigenvalue weighted by Gasteiger charge is -2.04. The molecular weight excluding hydrogens is 220 g/mol. The van der Waals surface area contributed by atoms with Crippen molar-refractivity contribution in [1.29, 1.82) is 0 Å². The minimum atomic E-state index is -2.97. The van der Waals surface area contributed by atoms with Gasteiger partial charge in [-0.3, -0.25) is 0 Å².